The number of thioether (sulfide) groups is 1. The van der Waals surface area contributed by atoms with Crippen LogP contribution in [0.4, 0.5) is 0 Å². The molecule has 7 nitrogen and oxygen atoms in total. The number of aliphatic carboxylic acids is 1. The summed E-state index contributed by atoms with van der Waals surface area (Å²) in [5, 5.41) is 15.1. The van der Waals surface area contributed by atoms with E-state index in [1.54, 1.807) is 11.3 Å². The molecule has 1 atom stereocenters. The zero-order valence-electron chi connectivity index (χ0n) is 14.2. The molecular weight excluding hydrogens is 386 g/mol. The highest BCUT2D eigenvalue weighted by atomic mass is 32.2. The van der Waals surface area contributed by atoms with E-state index >= 15 is 0 Å². The Balaban J connectivity index is 1.68. The minimum absolute atomic E-state index is 0.0233. The van der Waals surface area contributed by atoms with Gasteiger partial charge in [-0.25, -0.2) is 14.6 Å². The van der Waals surface area contributed by atoms with Crippen LogP contribution in [0, 0.1) is 0 Å². The monoisotopic (exact) mass is 401 g/mol. The average Bonchev–Trinajstić information content (AvgIpc) is 3.17. The quantitative estimate of drug-likeness (QED) is 0.650. The SMILES string of the molecule is COC(=O)C1=CNC(C(=O)O)=CSC1Cc1ccc2nc3sccn3c2c1. The molecule has 27 heavy (non-hydrogen) atoms. The van der Waals surface area contributed by atoms with Crippen LogP contribution in [0.5, 0.6) is 0 Å². The molecule has 0 saturated carbocycles. The number of carbonyl (C=O) groups excluding carboxylic acids is 1. The van der Waals surface area contributed by atoms with Gasteiger partial charge in [0.05, 0.1) is 23.7 Å². The summed E-state index contributed by atoms with van der Waals surface area (Å²) in [6.07, 6.45) is 3.94. The van der Waals surface area contributed by atoms with Crippen molar-refractivity contribution in [3.63, 3.8) is 0 Å². The van der Waals surface area contributed by atoms with E-state index in [2.05, 4.69) is 16.4 Å². The van der Waals surface area contributed by atoms with Gasteiger partial charge in [0, 0.05) is 28.4 Å². The Hall–Kier alpha value is -2.78. The fourth-order valence-corrected chi connectivity index (χ4v) is 4.72. The number of hydrogen-bond acceptors (Lipinski definition) is 7. The maximum absolute atomic E-state index is 12.2. The second-order valence-electron chi connectivity index (χ2n) is 5.89. The lowest BCUT2D eigenvalue weighted by molar-refractivity contribution is -0.136. The van der Waals surface area contributed by atoms with Crippen LogP contribution in [0.2, 0.25) is 0 Å². The lowest BCUT2D eigenvalue weighted by Crippen LogP contribution is -2.20. The first-order valence-corrected chi connectivity index (χ1v) is 9.87. The topological polar surface area (TPSA) is 92.9 Å². The molecule has 138 valence electrons. The smallest absolute Gasteiger partial charge is 0.352 e. The fraction of sp³-hybridized carbons (Fsp3) is 0.167. The molecule has 0 aliphatic carbocycles. The van der Waals surface area contributed by atoms with Gasteiger partial charge in [-0.2, -0.15) is 0 Å². The van der Waals surface area contributed by atoms with Gasteiger partial charge in [0.25, 0.3) is 0 Å². The number of carbonyl (C=O) groups is 2. The number of rotatable bonds is 4. The normalized spacial score (nSPS) is 17.1. The Labute approximate surface area is 162 Å². The summed E-state index contributed by atoms with van der Waals surface area (Å²) in [6.45, 7) is 0. The number of esters is 1. The number of carboxylic acids is 1. The molecule has 1 aliphatic heterocycles. The van der Waals surface area contributed by atoms with Crippen molar-refractivity contribution in [1.82, 2.24) is 14.7 Å². The van der Waals surface area contributed by atoms with E-state index < -0.39 is 11.9 Å². The van der Waals surface area contributed by atoms with E-state index in [1.807, 2.05) is 28.1 Å². The molecule has 3 aromatic rings. The fourth-order valence-electron chi connectivity index (χ4n) is 2.92. The Bertz CT molecular complexity index is 1110. The molecule has 3 heterocycles. The van der Waals surface area contributed by atoms with Crippen molar-refractivity contribution in [2.45, 2.75) is 11.7 Å². The van der Waals surface area contributed by atoms with E-state index in [9.17, 15) is 14.7 Å². The van der Waals surface area contributed by atoms with Crippen molar-refractivity contribution in [2.24, 2.45) is 0 Å². The third-order valence-electron chi connectivity index (χ3n) is 4.26. The van der Waals surface area contributed by atoms with Crippen LogP contribution in [0.25, 0.3) is 16.0 Å². The number of carboxylic acid groups (broad SMARTS) is 1. The van der Waals surface area contributed by atoms with E-state index in [1.165, 1.54) is 30.5 Å². The molecule has 0 bridgehead atoms. The van der Waals surface area contributed by atoms with E-state index in [0.29, 0.717) is 12.0 Å². The van der Waals surface area contributed by atoms with Gasteiger partial charge in [-0.05, 0) is 24.1 Å². The van der Waals surface area contributed by atoms with Gasteiger partial charge in [0.15, 0.2) is 4.96 Å². The van der Waals surface area contributed by atoms with Crippen LogP contribution in [-0.2, 0) is 20.7 Å². The standard InChI is InChI=1S/C18H15N3O4S2/c1-25-17(24)11-8-19-13(16(22)23)9-27-15(11)7-10-2-3-12-14(6-10)21-4-5-26-18(21)20-12/h2-6,8-9,15,19H,7H2,1H3,(H,22,23). The van der Waals surface area contributed by atoms with Crippen LogP contribution in [-0.4, -0.2) is 38.8 Å². The highest BCUT2D eigenvalue weighted by Gasteiger charge is 2.26. The molecule has 9 heteroatoms. The molecule has 2 N–H and O–H groups in total. The summed E-state index contributed by atoms with van der Waals surface area (Å²) in [5.41, 5.74) is 3.36. The molecule has 2 aromatic heterocycles. The third kappa shape index (κ3) is 3.31. The van der Waals surface area contributed by atoms with E-state index in [0.717, 1.165) is 21.6 Å². The highest BCUT2D eigenvalue weighted by molar-refractivity contribution is 8.03. The Kier molecular flexibility index (Phi) is 4.63. The Morgan fingerprint density at radius 2 is 2.26 bits per heavy atom. The first-order valence-electron chi connectivity index (χ1n) is 8.05. The maximum atomic E-state index is 12.2. The van der Waals surface area contributed by atoms with Crippen molar-refractivity contribution in [1.29, 1.82) is 0 Å². The number of aromatic nitrogens is 2. The Morgan fingerprint density at radius 3 is 3.04 bits per heavy atom. The van der Waals surface area contributed by atoms with Crippen LogP contribution >= 0.6 is 23.1 Å². The van der Waals surface area contributed by atoms with Crippen molar-refractivity contribution in [3.8, 4) is 0 Å². The minimum Gasteiger partial charge on any atom is -0.477 e. The molecule has 4 rings (SSSR count). The first kappa shape index (κ1) is 17.6. The third-order valence-corrected chi connectivity index (χ3v) is 6.14. The molecule has 0 saturated heterocycles. The molecule has 1 aromatic carbocycles. The van der Waals surface area contributed by atoms with Crippen LogP contribution in [0.3, 0.4) is 0 Å². The van der Waals surface area contributed by atoms with Crippen molar-refractivity contribution >= 4 is 51.0 Å². The molecule has 0 amide bonds. The van der Waals surface area contributed by atoms with Gasteiger partial charge >= 0.3 is 11.9 Å². The van der Waals surface area contributed by atoms with Gasteiger partial charge in [-0.1, -0.05) is 6.07 Å². The lowest BCUT2D eigenvalue weighted by atomic mass is 10.0. The van der Waals surface area contributed by atoms with Crippen LogP contribution in [0.15, 0.2) is 52.7 Å². The minimum atomic E-state index is -1.08. The number of thiazole rings is 1. The molecule has 0 radical (unpaired) electrons. The highest BCUT2D eigenvalue weighted by Crippen LogP contribution is 2.30. The molecule has 1 aliphatic rings. The summed E-state index contributed by atoms with van der Waals surface area (Å²) in [7, 11) is 1.31. The van der Waals surface area contributed by atoms with Crippen LogP contribution in [0.1, 0.15) is 5.56 Å². The van der Waals surface area contributed by atoms with Gasteiger partial charge < -0.3 is 15.2 Å². The molecule has 0 fully saturated rings. The number of hydrogen-bond donors (Lipinski definition) is 2. The molecule has 1 unspecified atom stereocenters. The van der Waals surface area contributed by atoms with Gasteiger partial charge in [-0.3, -0.25) is 4.40 Å². The number of benzene rings is 1. The number of nitrogens with zero attached hydrogens (tertiary/aromatic N) is 2. The zero-order chi connectivity index (χ0) is 19.0. The summed E-state index contributed by atoms with van der Waals surface area (Å²) in [5.74, 6) is -1.56. The molecule has 0 spiro atoms. The number of methoxy groups -OCH3 is 1. The van der Waals surface area contributed by atoms with Crippen molar-refractivity contribution < 1.29 is 19.4 Å². The largest absolute Gasteiger partial charge is 0.477 e. The Morgan fingerprint density at radius 1 is 1.41 bits per heavy atom. The van der Waals surface area contributed by atoms with Gasteiger partial charge in [0.1, 0.15) is 5.70 Å². The van der Waals surface area contributed by atoms with Crippen LogP contribution < -0.4 is 5.32 Å². The predicted molar refractivity (Wildman–Crippen MR) is 105 cm³/mol. The van der Waals surface area contributed by atoms with E-state index in [-0.39, 0.29) is 10.9 Å². The van der Waals surface area contributed by atoms with Crippen molar-refractivity contribution in [3.05, 3.63) is 58.2 Å². The summed E-state index contributed by atoms with van der Waals surface area (Å²) < 4.78 is 6.90. The second-order valence-corrected chi connectivity index (χ2v) is 7.84. The maximum Gasteiger partial charge on any atom is 0.352 e. The van der Waals surface area contributed by atoms with E-state index in [4.69, 9.17) is 4.74 Å². The number of fused-ring (bicyclic) bond motifs is 3. The van der Waals surface area contributed by atoms with Crippen molar-refractivity contribution in [2.75, 3.05) is 7.11 Å². The second kappa shape index (κ2) is 7.09. The summed E-state index contributed by atoms with van der Waals surface area (Å²) in [4.78, 5) is 28.9. The summed E-state index contributed by atoms with van der Waals surface area (Å²) in [6, 6.07) is 6.00. The van der Waals surface area contributed by atoms with Gasteiger partial charge in [-0.15, -0.1) is 23.1 Å². The summed E-state index contributed by atoms with van der Waals surface area (Å²) >= 11 is 2.86. The molecular formula is C18H15N3O4S2. The lowest BCUT2D eigenvalue weighted by Gasteiger charge is -2.15. The predicted octanol–water partition coefficient (Wildman–Crippen LogP) is 2.78. The number of ether oxygens (including phenoxy) is 1. The number of nitrogens with one attached hydrogen (secondary N) is 1. The first-order chi connectivity index (χ1) is 13.1. The zero-order valence-corrected chi connectivity index (χ0v) is 15.8. The van der Waals surface area contributed by atoms with Gasteiger partial charge in [0.2, 0.25) is 0 Å². The average molecular weight is 401 g/mol. The number of imidazole rings is 1.